The van der Waals surface area contributed by atoms with Gasteiger partial charge in [0.25, 0.3) is 0 Å². The molecule has 0 bridgehead atoms. The van der Waals surface area contributed by atoms with Crippen molar-refractivity contribution in [3.8, 4) is 0 Å². The van der Waals surface area contributed by atoms with Crippen molar-refractivity contribution in [1.82, 2.24) is 0 Å². The molecular weight excluding hydrogens is 185 g/mol. The summed E-state index contributed by atoms with van der Waals surface area (Å²) < 4.78 is 58.1. The lowest BCUT2D eigenvalue weighted by atomic mass is 10.6. The first-order valence-electron chi connectivity index (χ1n) is 2.28. The molecule has 0 heterocycles. The average Bonchev–Trinajstić information content (AvgIpc) is 1.56. The molecule has 0 aromatic carbocycles. The molecule has 0 aliphatic rings. The predicted octanol–water partition coefficient (Wildman–Crippen LogP) is 1.04. The van der Waals surface area contributed by atoms with Crippen molar-refractivity contribution in [1.29, 1.82) is 0 Å². The Morgan fingerprint density at radius 2 is 1.82 bits per heavy atom. The van der Waals surface area contributed by atoms with Gasteiger partial charge in [-0.3, -0.25) is 0 Å². The van der Waals surface area contributed by atoms with Gasteiger partial charge in [-0.2, -0.15) is 21.6 Å². The van der Waals surface area contributed by atoms with Gasteiger partial charge in [-0.05, 0) is 6.58 Å². The van der Waals surface area contributed by atoms with Gasteiger partial charge < -0.3 is 4.18 Å². The van der Waals surface area contributed by atoms with Crippen LogP contribution in [0.15, 0.2) is 12.3 Å². The molecule has 7 heteroatoms. The summed E-state index contributed by atoms with van der Waals surface area (Å²) in [5.74, 6) is -1.74. The minimum Gasteiger partial charge on any atom is -0.378 e. The Kier molecular flexibility index (Phi) is 2.55. The lowest BCUT2D eigenvalue weighted by molar-refractivity contribution is -0.115. The van der Waals surface area contributed by atoms with E-state index in [-0.39, 0.29) is 0 Å². The van der Waals surface area contributed by atoms with Crippen LogP contribution in [0, 0.1) is 0 Å². The quantitative estimate of drug-likeness (QED) is 0.482. The number of rotatable bonds is 2. The monoisotopic (exact) mass is 190 g/mol. The van der Waals surface area contributed by atoms with Crippen LogP contribution in [-0.4, -0.2) is 20.8 Å². The van der Waals surface area contributed by atoms with Crippen LogP contribution in [0.2, 0.25) is 0 Å². The summed E-state index contributed by atoms with van der Waals surface area (Å²) in [6.45, 7) is 2.38. The number of hydrogen-bond acceptors (Lipinski definition) is 3. The second-order valence-electron chi connectivity index (χ2n) is 1.71. The van der Waals surface area contributed by atoms with E-state index in [1.165, 1.54) is 0 Å². The van der Waals surface area contributed by atoms with E-state index in [1.807, 2.05) is 0 Å². The average molecular weight is 190 g/mol. The first kappa shape index (κ1) is 10.3. The zero-order valence-electron chi connectivity index (χ0n) is 5.47. The van der Waals surface area contributed by atoms with Crippen LogP contribution in [0.3, 0.4) is 0 Å². The van der Waals surface area contributed by atoms with Gasteiger partial charge in [-0.25, -0.2) is 0 Å². The van der Waals surface area contributed by atoms with Crippen LogP contribution >= 0.6 is 0 Å². The maximum absolute atomic E-state index is 11.5. The van der Waals surface area contributed by atoms with Crippen molar-refractivity contribution in [2.45, 2.75) is 6.18 Å². The summed E-state index contributed by atoms with van der Waals surface area (Å²) in [6, 6.07) is 0. The summed E-state index contributed by atoms with van der Waals surface area (Å²) in [6.07, 6.45) is -4.33. The van der Waals surface area contributed by atoms with Gasteiger partial charge in [0.2, 0.25) is 5.76 Å². The Labute approximate surface area is 61.6 Å². The molecule has 11 heavy (non-hydrogen) atoms. The Balaban J connectivity index is 4.35. The van der Waals surface area contributed by atoms with Crippen molar-refractivity contribution in [3.05, 3.63) is 12.3 Å². The maximum atomic E-state index is 11.5. The minimum atomic E-state index is -4.83. The molecule has 0 aliphatic carbocycles. The van der Waals surface area contributed by atoms with E-state index in [9.17, 15) is 21.6 Å². The molecule has 0 aromatic rings. The largest absolute Gasteiger partial charge is 0.450 e. The molecule has 0 N–H and O–H groups in total. The molecule has 0 amide bonds. The van der Waals surface area contributed by atoms with E-state index in [2.05, 4.69) is 10.8 Å². The fourth-order valence-electron chi connectivity index (χ4n) is 0.230. The van der Waals surface area contributed by atoms with Gasteiger partial charge in [-0.15, -0.1) is 0 Å². The van der Waals surface area contributed by atoms with E-state index in [0.29, 0.717) is 6.26 Å². The molecule has 0 spiro atoms. The lowest BCUT2D eigenvalue weighted by Crippen LogP contribution is -2.16. The summed E-state index contributed by atoms with van der Waals surface area (Å²) in [4.78, 5) is 0. The van der Waals surface area contributed by atoms with Crippen molar-refractivity contribution >= 4 is 10.1 Å². The predicted molar refractivity (Wildman–Crippen MR) is 31.1 cm³/mol. The highest BCUT2D eigenvalue weighted by atomic mass is 32.2. The number of halogens is 3. The van der Waals surface area contributed by atoms with E-state index in [1.54, 1.807) is 0 Å². The second kappa shape index (κ2) is 2.72. The minimum absolute atomic E-state index is 0.504. The van der Waals surface area contributed by atoms with Gasteiger partial charge >= 0.3 is 16.3 Å². The van der Waals surface area contributed by atoms with Gasteiger partial charge in [0, 0.05) is 0 Å². The highest BCUT2D eigenvalue weighted by Crippen LogP contribution is 2.25. The fourth-order valence-corrected chi connectivity index (χ4v) is 0.690. The van der Waals surface area contributed by atoms with Crippen LogP contribution in [0.25, 0.3) is 0 Å². The highest BCUT2D eigenvalue weighted by Gasteiger charge is 2.36. The molecule has 0 rings (SSSR count). The van der Waals surface area contributed by atoms with E-state index >= 15 is 0 Å². The summed E-state index contributed by atoms with van der Waals surface area (Å²) in [5, 5.41) is 0. The molecule has 0 unspecified atom stereocenters. The first-order valence-corrected chi connectivity index (χ1v) is 4.10. The topological polar surface area (TPSA) is 43.4 Å². The molecule has 0 saturated carbocycles. The Bertz CT molecular complexity index is 250. The molecular formula is C4H5F3O3S. The fraction of sp³-hybridized carbons (Fsp3) is 0.500. The van der Waals surface area contributed by atoms with Crippen molar-refractivity contribution in [2.24, 2.45) is 0 Å². The smallest absolute Gasteiger partial charge is 0.378 e. The van der Waals surface area contributed by atoms with Gasteiger partial charge in [0.05, 0.1) is 6.26 Å². The van der Waals surface area contributed by atoms with Crippen molar-refractivity contribution in [3.63, 3.8) is 0 Å². The number of hydrogen-bond donors (Lipinski definition) is 0. The Morgan fingerprint density at radius 1 is 1.45 bits per heavy atom. The van der Waals surface area contributed by atoms with Crippen LogP contribution in [0.5, 0.6) is 0 Å². The van der Waals surface area contributed by atoms with Gasteiger partial charge in [0.15, 0.2) is 0 Å². The van der Waals surface area contributed by atoms with E-state index in [4.69, 9.17) is 0 Å². The molecule has 0 aromatic heterocycles. The summed E-state index contributed by atoms with van der Waals surface area (Å²) in [7, 11) is -4.13. The molecule has 66 valence electrons. The van der Waals surface area contributed by atoms with Crippen molar-refractivity contribution < 1.29 is 25.8 Å². The molecule has 0 radical (unpaired) electrons. The molecule has 0 fully saturated rings. The lowest BCUT2D eigenvalue weighted by Gasteiger charge is -2.08. The summed E-state index contributed by atoms with van der Waals surface area (Å²) in [5.41, 5.74) is 0. The number of allylic oxidation sites excluding steroid dienone is 1. The van der Waals surface area contributed by atoms with Crippen LogP contribution < -0.4 is 0 Å². The molecule has 3 nitrogen and oxygen atoms in total. The number of alkyl halides is 3. The Morgan fingerprint density at radius 3 is 1.91 bits per heavy atom. The van der Waals surface area contributed by atoms with Crippen molar-refractivity contribution in [2.75, 3.05) is 6.26 Å². The molecule has 0 atom stereocenters. The van der Waals surface area contributed by atoms with E-state index in [0.717, 1.165) is 0 Å². The SMILES string of the molecule is C=C(OS(C)(=O)=O)C(F)(F)F. The van der Waals surface area contributed by atoms with Crippen LogP contribution in [0.4, 0.5) is 13.2 Å². The zero-order valence-corrected chi connectivity index (χ0v) is 6.29. The molecule has 0 saturated heterocycles. The van der Waals surface area contributed by atoms with E-state index < -0.39 is 22.1 Å². The maximum Gasteiger partial charge on any atom is 0.450 e. The second-order valence-corrected chi connectivity index (χ2v) is 3.28. The molecule has 0 aliphatic heterocycles. The Hall–Kier alpha value is -0.720. The normalized spacial score (nSPS) is 12.7. The standard InChI is InChI=1S/C4H5F3O3S/c1-3(4(5,6)7)10-11(2,8)9/h1H2,2H3. The third kappa shape index (κ3) is 4.65. The highest BCUT2D eigenvalue weighted by molar-refractivity contribution is 7.86. The zero-order chi connectivity index (χ0) is 9.28. The van der Waals surface area contributed by atoms with Gasteiger partial charge in [0.1, 0.15) is 0 Å². The third-order valence-corrected chi connectivity index (χ3v) is 1.07. The first-order chi connectivity index (χ1) is 4.63. The summed E-state index contributed by atoms with van der Waals surface area (Å²) >= 11 is 0. The van der Waals surface area contributed by atoms with Gasteiger partial charge in [-0.1, -0.05) is 0 Å². The third-order valence-electron chi connectivity index (χ3n) is 0.568. The van der Waals surface area contributed by atoms with Crippen LogP contribution in [0.1, 0.15) is 0 Å². The van der Waals surface area contributed by atoms with Crippen LogP contribution in [-0.2, 0) is 14.3 Å².